The summed E-state index contributed by atoms with van der Waals surface area (Å²) in [6.45, 7) is 4.26. The SMILES string of the molecule is BS(=O)(=O)NCc1ccc2c(c1)CCC(=O)N2C(C)C. The van der Waals surface area contributed by atoms with Crippen LogP contribution in [0.3, 0.4) is 0 Å². The van der Waals surface area contributed by atoms with Crippen LogP contribution in [0.25, 0.3) is 0 Å². The predicted molar refractivity (Wildman–Crippen MR) is 81.7 cm³/mol. The Morgan fingerprint density at radius 3 is 2.65 bits per heavy atom. The molecule has 1 aromatic carbocycles. The molecule has 108 valence electrons. The van der Waals surface area contributed by atoms with E-state index in [2.05, 4.69) is 4.72 Å². The second kappa shape index (κ2) is 5.57. The molecule has 0 saturated carbocycles. The highest BCUT2D eigenvalue weighted by molar-refractivity contribution is 8.10. The Kier molecular flexibility index (Phi) is 4.20. The van der Waals surface area contributed by atoms with Crippen molar-refractivity contribution in [2.45, 2.75) is 39.3 Å². The van der Waals surface area contributed by atoms with Crippen LogP contribution < -0.4 is 9.62 Å². The fourth-order valence-corrected chi connectivity index (χ4v) is 2.89. The maximum Gasteiger partial charge on any atom is 0.275 e. The standard InChI is InChI=1S/C13H19BN2O3S/c1-9(2)16-12-5-3-10(8-15-20(14,18)19)7-11(12)4-6-13(16)17/h3,5,7,9,15H,4,6,8,14H2,1-2H3. The van der Waals surface area contributed by atoms with Crippen LogP contribution in [0.2, 0.25) is 0 Å². The summed E-state index contributed by atoms with van der Waals surface area (Å²) < 4.78 is 24.7. The van der Waals surface area contributed by atoms with Crippen LogP contribution in [0.5, 0.6) is 0 Å². The first-order valence-electron chi connectivity index (χ1n) is 6.66. The van der Waals surface area contributed by atoms with E-state index < -0.39 is 9.87 Å². The van der Waals surface area contributed by atoms with Gasteiger partial charge in [-0.15, -0.1) is 0 Å². The zero-order chi connectivity index (χ0) is 14.9. The molecular formula is C13H19BN2O3S. The molecular weight excluding hydrogens is 275 g/mol. The maximum atomic E-state index is 12.0. The first kappa shape index (κ1) is 15.1. The van der Waals surface area contributed by atoms with Gasteiger partial charge in [-0.3, -0.25) is 4.79 Å². The van der Waals surface area contributed by atoms with Crippen molar-refractivity contribution in [1.82, 2.24) is 4.72 Å². The van der Waals surface area contributed by atoms with Gasteiger partial charge in [-0.1, -0.05) is 12.1 Å². The van der Waals surface area contributed by atoms with Crippen LogP contribution in [-0.4, -0.2) is 27.5 Å². The number of rotatable bonds is 4. The molecule has 0 saturated heterocycles. The molecule has 1 aliphatic rings. The summed E-state index contributed by atoms with van der Waals surface area (Å²) in [5.74, 6) is 0.148. The molecule has 1 aliphatic heterocycles. The van der Waals surface area contributed by atoms with E-state index in [1.165, 1.54) is 0 Å². The quantitative estimate of drug-likeness (QED) is 0.814. The highest BCUT2D eigenvalue weighted by Gasteiger charge is 2.26. The lowest BCUT2D eigenvalue weighted by Gasteiger charge is -2.33. The molecule has 2 rings (SSSR count). The van der Waals surface area contributed by atoms with Gasteiger partial charge in [0.15, 0.2) is 9.87 Å². The number of nitrogens with zero attached hydrogens (tertiary/aromatic N) is 1. The number of nitrogens with one attached hydrogen (secondary N) is 1. The van der Waals surface area contributed by atoms with Crippen molar-refractivity contribution in [1.29, 1.82) is 0 Å². The number of carbonyl (C=O) groups is 1. The number of hydrogen-bond acceptors (Lipinski definition) is 3. The van der Waals surface area contributed by atoms with Gasteiger partial charge < -0.3 is 4.90 Å². The van der Waals surface area contributed by atoms with Crippen molar-refractivity contribution in [3.8, 4) is 0 Å². The summed E-state index contributed by atoms with van der Waals surface area (Å²) in [4.78, 5) is 13.8. The molecule has 0 aromatic heterocycles. The molecule has 0 atom stereocenters. The molecule has 0 unspecified atom stereocenters. The zero-order valence-corrected chi connectivity index (χ0v) is 12.8. The zero-order valence-electron chi connectivity index (χ0n) is 12.0. The van der Waals surface area contributed by atoms with Crippen molar-refractivity contribution < 1.29 is 13.2 Å². The van der Waals surface area contributed by atoms with E-state index in [1.807, 2.05) is 36.9 Å². The third-order valence-electron chi connectivity index (χ3n) is 3.34. The number of aryl methyl sites for hydroxylation is 1. The monoisotopic (exact) mass is 294 g/mol. The second-order valence-corrected chi connectivity index (χ2v) is 7.25. The molecule has 5 nitrogen and oxygen atoms in total. The fourth-order valence-electron chi connectivity index (χ4n) is 2.46. The third-order valence-corrected chi connectivity index (χ3v) is 4.00. The van der Waals surface area contributed by atoms with Gasteiger partial charge in [0.2, 0.25) is 5.91 Å². The number of hydrogen-bond donors (Lipinski definition) is 1. The van der Waals surface area contributed by atoms with Gasteiger partial charge in [-0.05, 0) is 37.5 Å². The van der Waals surface area contributed by atoms with E-state index in [9.17, 15) is 13.2 Å². The molecule has 1 amide bonds. The van der Waals surface area contributed by atoms with E-state index in [0.29, 0.717) is 12.8 Å². The Bertz CT molecular complexity index is 629. The molecule has 0 bridgehead atoms. The minimum absolute atomic E-state index is 0.126. The second-order valence-electron chi connectivity index (χ2n) is 5.41. The van der Waals surface area contributed by atoms with Crippen LogP contribution in [0.4, 0.5) is 5.69 Å². The minimum atomic E-state index is -3.19. The van der Waals surface area contributed by atoms with Crippen molar-refractivity contribution in [3.05, 3.63) is 29.3 Å². The molecule has 0 spiro atoms. The number of amides is 1. The average Bonchev–Trinajstić information content (AvgIpc) is 2.34. The van der Waals surface area contributed by atoms with Crippen LogP contribution in [0.15, 0.2) is 18.2 Å². The number of anilines is 1. The van der Waals surface area contributed by atoms with Gasteiger partial charge >= 0.3 is 0 Å². The normalized spacial score (nSPS) is 15.6. The van der Waals surface area contributed by atoms with Gasteiger partial charge in [0.05, 0.1) is 0 Å². The summed E-state index contributed by atoms with van der Waals surface area (Å²) in [7, 11) is -2.05. The first-order valence-corrected chi connectivity index (χ1v) is 8.55. The van der Waals surface area contributed by atoms with Crippen LogP contribution >= 0.6 is 0 Å². The summed E-state index contributed by atoms with van der Waals surface area (Å²) in [5, 5.41) is 0. The Morgan fingerprint density at radius 2 is 2.05 bits per heavy atom. The summed E-state index contributed by atoms with van der Waals surface area (Å²) in [5.41, 5.74) is 2.96. The van der Waals surface area contributed by atoms with E-state index in [-0.39, 0.29) is 18.5 Å². The topological polar surface area (TPSA) is 66.5 Å². The molecule has 1 heterocycles. The fraction of sp³-hybridized carbons (Fsp3) is 0.462. The van der Waals surface area contributed by atoms with Crippen molar-refractivity contribution in [3.63, 3.8) is 0 Å². The lowest BCUT2D eigenvalue weighted by Crippen LogP contribution is -2.40. The largest absolute Gasteiger partial charge is 0.310 e. The lowest BCUT2D eigenvalue weighted by atomic mass is 9.97. The van der Waals surface area contributed by atoms with Crippen LogP contribution in [-0.2, 0) is 27.6 Å². The molecule has 0 radical (unpaired) electrons. The molecule has 0 aliphatic carbocycles. The van der Waals surface area contributed by atoms with Gasteiger partial charge in [0.25, 0.3) is 7.12 Å². The smallest absolute Gasteiger partial charge is 0.275 e. The van der Waals surface area contributed by atoms with E-state index in [0.717, 1.165) is 23.9 Å². The van der Waals surface area contributed by atoms with Crippen LogP contribution in [0.1, 0.15) is 31.4 Å². The maximum absolute atomic E-state index is 12.0. The predicted octanol–water partition coefficient (Wildman–Crippen LogP) is 0.342. The van der Waals surface area contributed by atoms with Gasteiger partial charge in [0, 0.05) is 24.7 Å². The number of fused-ring (bicyclic) bond motifs is 1. The number of carbonyl (C=O) groups excluding carboxylic acids is 1. The summed E-state index contributed by atoms with van der Waals surface area (Å²) >= 11 is 0. The van der Waals surface area contributed by atoms with Gasteiger partial charge in [-0.2, -0.15) is 0 Å². The Hall–Kier alpha value is -1.34. The molecule has 0 fully saturated rings. The van der Waals surface area contributed by atoms with Gasteiger partial charge in [-0.25, -0.2) is 13.1 Å². The summed E-state index contributed by atoms with van der Waals surface area (Å²) in [6.07, 6.45) is 1.22. The highest BCUT2D eigenvalue weighted by Crippen LogP contribution is 2.30. The Labute approximate surface area is 120 Å². The van der Waals surface area contributed by atoms with E-state index in [1.54, 1.807) is 0 Å². The van der Waals surface area contributed by atoms with Crippen molar-refractivity contribution in [2.75, 3.05) is 4.90 Å². The summed E-state index contributed by atoms with van der Waals surface area (Å²) in [6, 6.07) is 5.88. The number of benzene rings is 1. The molecule has 20 heavy (non-hydrogen) atoms. The Balaban J connectivity index is 2.26. The third kappa shape index (κ3) is 3.40. The molecule has 7 heteroatoms. The lowest BCUT2D eigenvalue weighted by molar-refractivity contribution is -0.119. The average molecular weight is 294 g/mol. The minimum Gasteiger partial charge on any atom is -0.310 e. The highest BCUT2D eigenvalue weighted by atomic mass is 32.2. The first-order chi connectivity index (χ1) is 9.28. The van der Waals surface area contributed by atoms with E-state index >= 15 is 0 Å². The van der Waals surface area contributed by atoms with Crippen molar-refractivity contribution >= 4 is 28.6 Å². The van der Waals surface area contributed by atoms with Crippen molar-refractivity contribution in [2.24, 2.45) is 0 Å². The van der Waals surface area contributed by atoms with Gasteiger partial charge in [0.1, 0.15) is 0 Å². The molecule has 1 N–H and O–H groups in total. The Morgan fingerprint density at radius 1 is 1.35 bits per heavy atom. The molecule has 1 aromatic rings. The van der Waals surface area contributed by atoms with E-state index in [4.69, 9.17) is 0 Å². The van der Waals surface area contributed by atoms with Crippen LogP contribution in [0, 0.1) is 0 Å².